The van der Waals surface area contributed by atoms with Gasteiger partial charge in [-0.15, -0.1) is 0 Å². The molecule has 1 aromatic carbocycles. The van der Waals surface area contributed by atoms with Gasteiger partial charge in [0.2, 0.25) is 5.91 Å². The first-order valence-corrected chi connectivity index (χ1v) is 15.1. The predicted octanol–water partition coefficient (Wildman–Crippen LogP) is 2.77. The molecule has 0 unspecified atom stereocenters. The molecule has 5 rings (SSSR count). The van der Waals surface area contributed by atoms with Gasteiger partial charge in [-0.1, -0.05) is 31.9 Å². The third-order valence-electron chi connectivity index (χ3n) is 8.23. The van der Waals surface area contributed by atoms with Crippen molar-refractivity contribution in [2.24, 2.45) is 13.0 Å². The Labute approximate surface area is 260 Å². The van der Waals surface area contributed by atoms with Crippen LogP contribution in [0.25, 0.3) is 22.4 Å². The minimum Gasteiger partial charge on any atom is -0.453 e. The maximum Gasteiger partial charge on any atom is 0.407 e. The van der Waals surface area contributed by atoms with Gasteiger partial charge in [-0.3, -0.25) is 18.7 Å². The number of benzene rings is 1. The molecule has 0 bridgehead atoms. The van der Waals surface area contributed by atoms with Crippen LogP contribution in [-0.2, 0) is 29.7 Å². The molecule has 13 nitrogen and oxygen atoms in total. The highest BCUT2D eigenvalue weighted by Crippen LogP contribution is 2.32. The van der Waals surface area contributed by atoms with Crippen molar-refractivity contribution >= 4 is 23.2 Å². The Hall–Kier alpha value is -5.12. The van der Waals surface area contributed by atoms with Crippen LogP contribution in [0.15, 0.2) is 40.1 Å². The fourth-order valence-electron chi connectivity index (χ4n) is 5.74. The average Bonchev–Trinajstić information content (AvgIpc) is 3.78. The monoisotopic (exact) mass is 614 g/mol. The summed E-state index contributed by atoms with van der Waals surface area (Å²) in [5, 5.41) is 2.67. The standard InChI is InChI=1S/C32H38N8O5/c1-7-38-28-26(30(42)39(8-2)32(38)44)37(5)24(35-28)16-13-20-11-14-21(15-12-20)22-18-33-27(34-22)23-10-9-17-40(23)29(41)25(19(3)4)36-31(43)45-6/h11-12,14-15,18-19,23,25H,7-10,17H2,1-6H3,(H,33,34)(H,36,43)/t23-,25-/m0/s1. The number of imidazole rings is 2. The van der Waals surface area contributed by atoms with E-state index in [0.717, 1.165) is 29.7 Å². The number of ether oxygens (including phenoxy) is 1. The summed E-state index contributed by atoms with van der Waals surface area (Å²) in [6.45, 7) is 8.61. The Morgan fingerprint density at radius 3 is 2.47 bits per heavy atom. The Morgan fingerprint density at radius 2 is 1.82 bits per heavy atom. The second-order valence-electron chi connectivity index (χ2n) is 11.3. The van der Waals surface area contributed by atoms with Crippen LogP contribution < -0.4 is 16.6 Å². The Bertz CT molecular complexity index is 1920. The van der Waals surface area contributed by atoms with Crippen LogP contribution in [0.1, 0.15) is 63.8 Å². The quantitative estimate of drug-likeness (QED) is 0.304. The van der Waals surface area contributed by atoms with Gasteiger partial charge in [-0.25, -0.2) is 19.6 Å². The Balaban J connectivity index is 1.36. The van der Waals surface area contributed by atoms with Crippen LogP contribution in [0, 0.1) is 17.8 Å². The van der Waals surface area contributed by atoms with Crippen LogP contribution in [0.4, 0.5) is 4.79 Å². The molecule has 4 aromatic rings. The molecule has 3 aromatic heterocycles. The molecule has 2 atom stereocenters. The molecule has 13 heteroatoms. The summed E-state index contributed by atoms with van der Waals surface area (Å²) in [6, 6.07) is 6.70. The molecular formula is C32H38N8O5. The van der Waals surface area contributed by atoms with Gasteiger partial charge in [-0.2, -0.15) is 0 Å². The largest absolute Gasteiger partial charge is 0.453 e. The number of rotatable bonds is 7. The van der Waals surface area contributed by atoms with Crippen LogP contribution in [0.3, 0.4) is 0 Å². The lowest BCUT2D eigenvalue weighted by atomic mass is 10.0. The zero-order chi connectivity index (χ0) is 32.4. The highest BCUT2D eigenvalue weighted by atomic mass is 16.5. The third kappa shape index (κ3) is 5.87. The number of hydrogen-bond donors (Lipinski definition) is 2. The molecule has 0 saturated carbocycles. The number of hydrogen-bond acceptors (Lipinski definition) is 7. The highest BCUT2D eigenvalue weighted by Gasteiger charge is 2.37. The summed E-state index contributed by atoms with van der Waals surface area (Å²) in [4.78, 5) is 65.3. The SMILES string of the molecule is CCn1c(=O)c2c(nc(C#Cc3ccc(-c4cnc([C@@H]5CCCN5C(=O)[C@@H](NC(=O)OC)C(C)C)[nH]4)cc3)n2C)n(CC)c1=O. The van der Waals surface area contributed by atoms with Crippen molar-refractivity contribution < 1.29 is 14.3 Å². The smallest absolute Gasteiger partial charge is 0.407 e. The van der Waals surface area contributed by atoms with E-state index in [4.69, 9.17) is 4.74 Å². The topological polar surface area (TPSA) is 149 Å². The molecular weight excluding hydrogens is 576 g/mol. The lowest BCUT2D eigenvalue weighted by Gasteiger charge is -2.30. The summed E-state index contributed by atoms with van der Waals surface area (Å²) < 4.78 is 9.05. The van der Waals surface area contributed by atoms with E-state index in [1.807, 2.05) is 45.0 Å². The van der Waals surface area contributed by atoms with Gasteiger partial charge in [0.15, 0.2) is 17.0 Å². The van der Waals surface area contributed by atoms with E-state index in [0.29, 0.717) is 35.9 Å². The number of aromatic amines is 1. The van der Waals surface area contributed by atoms with Crippen molar-refractivity contribution in [2.45, 2.75) is 65.7 Å². The molecule has 4 heterocycles. The van der Waals surface area contributed by atoms with Gasteiger partial charge in [0.05, 0.1) is 25.0 Å². The van der Waals surface area contributed by atoms with Crippen LogP contribution in [0.2, 0.25) is 0 Å². The molecule has 1 fully saturated rings. The minimum absolute atomic E-state index is 0.112. The number of H-pyrrole nitrogens is 1. The van der Waals surface area contributed by atoms with E-state index in [2.05, 4.69) is 32.1 Å². The fraction of sp³-hybridized carbons (Fsp3) is 0.438. The van der Waals surface area contributed by atoms with Crippen molar-refractivity contribution in [3.63, 3.8) is 0 Å². The van der Waals surface area contributed by atoms with Gasteiger partial charge >= 0.3 is 11.8 Å². The van der Waals surface area contributed by atoms with E-state index in [1.54, 1.807) is 29.6 Å². The molecule has 0 spiro atoms. The number of methoxy groups -OCH3 is 1. The lowest BCUT2D eigenvalue weighted by Crippen LogP contribution is -2.51. The molecule has 2 N–H and O–H groups in total. The van der Waals surface area contributed by atoms with E-state index in [1.165, 1.54) is 16.2 Å². The third-order valence-corrected chi connectivity index (χ3v) is 8.23. The van der Waals surface area contributed by atoms with E-state index in [-0.39, 0.29) is 35.7 Å². The summed E-state index contributed by atoms with van der Waals surface area (Å²) in [7, 11) is 3.00. The highest BCUT2D eigenvalue weighted by molar-refractivity contribution is 5.86. The van der Waals surface area contributed by atoms with E-state index < -0.39 is 12.1 Å². The molecule has 2 amide bonds. The molecule has 1 aliphatic rings. The number of nitrogens with one attached hydrogen (secondary N) is 2. The van der Waals surface area contributed by atoms with Crippen molar-refractivity contribution in [2.75, 3.05) is 13.7 Å². The van der Waals surface area contributed by atoms with Crippen molar-refractivity contribution in [3.8, 4) is 23.1 Å². The molecule has 1 saturated heterocycles. The number of carbonyl (C=O) groups is 2. The first-order chi connectivity index (χ1) is 21.6. The van der Waals surface area contributed by atoms with Crippen molar-refractivity contribution in [1.29, 1.82) is 0 Å². The maximum absolute atomic E-state index is 13.4. The summed E-state index contributed by atoms with van der Waals surface area (Å²) in [5.41, 5.74) is 2.36. The number of carbonyl (C=O) groups excluding carboxylic acids is 2. The van der Waals surface area contributed by atoms with Crippen molar-refractivity contribution in [1.82, 2.24) is 38.9 Å². The zero-order valence-electron chi connectivity index (χ0n) is 26.4. The normalized spacial score (nSPS) is 15.3. The minimum atomic E-state index is -0.697. The lowest BCUT2D eigenvalue weighted by molar-refractivity contribution is -0.135. The maximum atomic E-state index is 13.4. The average molecular weight is 615 g/mol. The number of aryl methyl sites for hydroxylation is 2. The molecule has 1 aliphatic heterocycles. The van der Waals surface area contributed by atoms with Gasteiger partial charge in [0, 0.05) is 32.2 Å². The van der Waals surface area contributed by atoms with Gasteiger partial charge in [0.1, 0.15) is 11.9 Å². The van der Waals surface area contributed by atoms with Crippen LogP contribution in [-0.4, -0.2) is 65.2 Å². The van der Waals surface area contributed by atoms with Crippen LogP contribution >= 0.6 is 0 Å². The second-order valence-corrected chi connectivity index (χ2v) is 11.3. The summed E-state index contributed by atoms with van der Waals surface area (Å²) >= 11 is 0. The number of amides is 2. The molecule has 236 valence electrons. The first kappa shape index (κ1) is 31.3. The number of fused-ring (bicyclic) bond motifs is 1. The summed E-state index contributed by atoms with van der Waals surface area (Å²) in [5.74, 6) is 6.96. The van der Waals surface area contributed by atoms with Gasteiger partial charge in [0.25, 0.3) is 5.56 Å². The Morgan fingerprint density at radius 1 is 1.11 bits per heavy atom. The summed E-state index contributed by atoms with van der Waals surface area (Å²) in [6.07, 6.45) is 2.71. The number of likely N-dealkylation sites (tertiary alicyclic amines) is 1. The first-order valence-electron chi connectivity index (χ1n) is 15.1. The number of aromatic nitrogens is 6. The van der Waals surface area contributed by atoms with E-state index in [9.17, 15) is 19.2 Å². The second kappa shape index (κ2) is 12.9. The van der Waals surface area contributed by atoms with Crippen molar-refractivity contribution in [3.05, 3.63) is 68.5 Å². The molecule has 0 aliphatic carbocycles. The van der Waals surface area contributed by atoms with Crippen LogP contribution in [0.5, 0.6) is 0 Å². The molecule has 45 heavy (non-hydrogen) atoms. The van der Waals surface area contributed by atoms with Gasteiger partial charge in [-0.05, 0) is 56.2 Å². The fourth-order valence-corrected chi connectivity index (χ4v) is 5.74. The van der Waals surface area contributed by atoms with E-state index >= 15 is 0 Å². The zero-order valence-corrected chi connectivity index (χ0v) is 26.4. The number of nitrogens with zero attached hydrogens (tertiary/aromatic N) is 6. The number of alkyl carbamates (subject to hydrolysis) is 1. The van der Waals surface area contributed by atoms with Gasteiger partial charge < -0.3 is 24.5 Å². The predicted molar refractivity (Wildman–Crippen MR) is 168 cm³/mol. The molecule has 0 radical (unpaired) electrons. The Kier molecular flexibility index (Phi) is 8.94.